The van der Waals surface area contributed by atoms with E-state index < -0.39 is 17.9 Å². The number of amides is 1. The Balaban J connectivity index is 1.07. The molecule has 1 amide bonds. The molecule has 0 aliphatic heterocycles. The highest BCUT2D eigenvalue weighted by Gasteiger charge is 2.59. The number of carbonyl (C=O) groups is 3. The van der Waals surface area contributed by atoms with E-state index in [0.717, 1.165) is 54.3 Å². The van der Waals surface area contributed by atoms with E-state index in [-0.39, 0.29) is 23.4 Å². The van der Waals surface area contributed by atoms with E-state index in [1.54, 1.807) is 6.92 Å². The van der Waals surface area contributed by atoms with Crippen LogP contribution in [0.25, 0.3) is 10.9 Å². The Bertz CT molecular complexity index is 1470. The molecule has 2 aromatic rings. The number of aromatic nitrogens is 1. The van der Waals surface area contributed by atoms with Crippen LogP contribution in [0.4, 0.5) is 0 Å². The summed E-state index contributed by atoms with van der Waals surface area (Å²) in [5, 5.41) is 8.12. The molecule has 7 atom stereocenters. The number of benzene rings is 1. The van der Waals surface area contributed by atoms with E-state index in [1.807, 2.05) is 30.5 Å². The highest BCUT2D eigenvalue weighted by molar-refractivity contribution is 5.96. The fraction of sp³-hybridized carbons (Fsp3) is 0.600. The number of Topliss-reactive ketones (excluding diaryl/α,β-unsaturated/α-hetero) is 1. The third kappa shape index (κ3) is 5.31. The second kappa shape index (κ2) is 11.6. The average molecular weight is 588 g/mol. The Morgan fingerprint density at radius 3 is 2.67 bits per heavy atom. The van der Waals surface area contributed by atoms with Crippen LogP contribution in [0.5, 0.6) is 0 Å². The normalized spacial score (nSPS) is 33.1. The van der Waals surface area contributed by atoms with Crippen LogP contribution in [0, 0.1) is 34.5 Å². The molecule has 8 heteroatoms. The van der Waals surface area contributed by atoms with E-state index >= 15 is 0 Å². The number of methoxy groups -OCH3 is 1. The molecule has 2 N–H and O–H groups in total. The molecule has 1 aromatic carbocycles. The van der Waals surface area contributed by atoms with E-state index in [0.29, 0.717) is 30.0 Å². The van der Waals surface area contributed by atoms with Crippen LogP contribution in [0.3, 0.4) is 0 Å². The van der Waals surface area contributed by atoms with Gasteiger partial charge in [0, 0.05) is 29.4 Å². The second-order valence-electron chi connectivity index (χ2n) is 13.9. The average Bonchev–Trinajstić information content (AvgIpc) is 3.57. The molecule has 0 spiro atoms. The van der Waals surface area contributed by atoms with Crippen LogP contribution >= 0.6 is 0 Å². The van der Waals surface area contributed by atoms with E-state index in [1.165, 1.54) is 31.9 Å². The molecule has 0 radical (unpaired) electrons. The van der Waals surface area contributed by atoms with Crippen molar-refractivity contribution in [2.75, 3.05) is 13.7 Å². The van der Waals surface area contributed by atoms with Crippen molar-refractivity contribution in [3.63, 3.8) is 0 Å². The number of aromatic amines is 1. The minimum atomic E-state index is -0.830. The number of nitrogens with one attached hydrogen (secondary N) is 2. The molecule has 3 fully saturated rings. The van der Waals surface area contributed by atoms with Crippen molar-refractivity contribution in [3.05, 3.63) is 47.7 Å². The zero-order valence-corrected chi connectivity index (χ0v) is 25.9. The first-order valence-electron chi connectivity index (χ1n) is 16.0. The summed E-state index contributed by atoms with van der Waals surface area (Å²) in [5.74, 6) is 1.69. The smallest absolute Gasteiger partial charge is 0.328 e. The molecule has 0 unspecified atom stereocenters. The van der Waals surface area contributed by atoms with Crippen LogP contribution in [0.2, 0.25) is 0 Å². The predicted octanol–water partition coefficient (Wildman–Crippen LogP) is 5.91. The molecular weight excluding hydrogens is 542 g/mol. The summed E-state index contributed by atoms with van der Waals surface area (Å²) in [4.78, 5) is 46.4. The number of esters is 1. The van der Waals surface area contributed by atoms with Crippen molar-refractivity contribution < 1.29 is 24.0 Å². The zero-order valence-electron chi connectivity index (χ0n) is 25.9. The molecule has 0 bridgehead atoms. The number of hydrogen-bond donors (Lipinski definition) is 2. The Kier molecular flexibility index (Phi) is 7.99. The lowest BCUT2D eigenvalue weighted by Crippen LogP contribution is -2.51. The fourth-order valence-electron chi connectivity index (χ4n) is 9.58. The SMILES string of the molecule is COC(=O)[C@@H](Cc1c[nH]c2ccccc12)NC(=O)CO/N=C1/C=C2CC[C@H]3[C@@H]4CC[C@H](C(C)=O)[C@@]4(C)CC[C@@H]3[C@@]2(C)CC1. The Labute approximate surface area is 254 Å². The quantitative estimate of drug-likeness (QED) is 0.295. The molecule has 1 heterocycles. The molecule has 4 aliphatic carbocycles. The van der Waals surface area contributed by atoms with Gasteiger partial charge in [0.1, 0.15) is 11.8 Å². The predicted molar refractivity (Wildman–Crippen MR) is 165 cm³/mol. The van der Waals surface area contributed by atoms with Gasteiger partial charge in [-0.1, -0.05) is 42.8 Å². The lowest BCUT2D eigenvalue weighted by Gasteiger charge is -2.58. The van der Waals surface area contributed by atoms with Crippen LogP contribution in [-0.4, -0.2) is 48.1 Å². The molecule has 3 saturated carbocycles. The molecule has 8 nitrogen and oxygen atoms in total. The minimum Gasteiger partial charge on any atom is -0.467 e. The lowest BCUT2D eigenvalue weighted by atomic mass is 9.46. The number of ether oxygens (including phenoxy) is 1. The van der Waals surface area contributed by atoms with Crippen molar-refractivity contribution in [1.29, 1.82) is 0 Å². The van der Waals surface area contributed by atoms with Gasteiger partial charge >= 0.3 is 5.97 Å². The highest BCUT2D eigenvalue weighted by Crippen LogP contribution is 2.66. The number of H-pyrrole nitrogens is 1. The van der Waals surface area contributed by atoms with E-state index in [9.17, 15) is 14.4 Å². The van der Waals surface area contributed by atoms with Gasteiger partial charge in [-0.05, 0) is 105 Å². The van der Waals surface area contributed by atoms with E-state index in [2.05, 4.69) is 35.4 Å². The van der Waals surface area contributed by atoms with Crippen molar-refractivity contribution in [1.82, 2.24) is 10.3 Å². The summed E-state index contributed by atoms with van der Waals surface area (Å²) in [6.45, 7) is 6.37. The van der Waals surface area contributed by atoms with Gasteiger partial charge in [0.25, 0.3) is 5.91 Å². The zero-order chi connectivity index (χ0) is 30.4. The number of para-hydroxylation sites is 1. The highest BCUT2D eigenvalue weighted by atomic mass is 16.6. The van der Waals surface area contributed by atoms with Gasteiger partial charge in [0.2, 0.25) is 0 Å². The van der Waals surface area contributed by atoms with Gasteiger partial charge in [0.05, 0.1) is 12.8 Å². The topological polar surface area (TPSA) is 110 Å². The summed E-state index contributed by atoms with van der Waals surface area (Å²) in [6.07, 6.45) is 13.1. The number of rotatable bonds is 8. The minimum absolute atomic E-state index is 0.158. The summed E-state index contributed by atoms with van der Waals surface area (Å²) >= 11 is 0. The maximum absolute atomic E-state index is 12.8. The number of fused-ring (bicyclic) bond motifs is 6. The monoisotopic (exact) mass is 587 g/mol. The maximum Gasteiger partial charge on any atom is 0.328 e. The van der Waals surface area contributed by atoms with Crippen LogP contribution in [0.1, 0.15) is 77.7 Å². The molecule has 4 aliphatic rings. The summed E-state index contributed by atoms with van der Waals surface area (Å²) in [7, 11) is 1.32. The number of oxime groups is 1. The number of ketones is 1. The third-order valence-corrected chi connectivity index (χ3v) is 11.8. The molecule has 230 valence electrons. The number of nitrogens with zero attached hydrogens (tertiary/aromatic N) is 1. The van der Waals surface area contributed by atoms with Crippen molar-refractivity contribution >= 4 is 34.3 Å². The van der Waals surface area contributed by atoms with Crippen molar-refractivity contribution in [2.24, 2.45) is 39.7 Å². The Hall–Kier alpha value is -3.42. The van der Waals surface area contributed by atoms with Gasteiger partial charge in [-0.2, -0.15) is 0 Å². The van der Waals surface area contributed by atoms with Gasteiger partial charge in [0.15, 0.2) is 6.61 Å². The van der Waals surface area contributed by atoms with Crippen molar-refractivity contribution in [3.8, 4) is 0 Å². The van der Waals surface area contributed by atoms with Gasteiger partial charge in [-0.25, -0.2) is 4.79 Å². The second-order valence-corrected chi connectivity index (χ2v) is 13.9. The van der Waals surface area contributed by atoms with E-state index in [4.69, 9.17) is 9.57 Å². The first kappa shape index (κ1) is 29.6. The molecule has 1 aromatic heterocycles. The third-order valence-electron chi connectivity index (χ3n) is 11.8. The molecule has 43 heavy (non-hydrogen) atoms. The fourth-order valence-corrected chi connectivity index (χ4v) is 9.58. The molecule has 6 rings (SSSR count). The van der Waals surface area contributed by atoms with Crippen LogP contribution in [0.15, 0.2) is 47.3 Å². The Morgan fingerprint density at radius 2 is 1.88 bits per heavy atom. The first-order valence-corrected chi connectivity index (χ1v) is 16.0. The van der Waals surface area contributed by atoms with Gasteiger partial charge in [-0.15, -0.1) is 0 Å². The largest absolute Gasteiger partial charge is 0.467 e. The van der Waals surface area contributed by atoms with Gasteiger partial charge in [-0.3, -0.25) is 9.59 Å². The summed E-state index contributed by atoms with van der Waals surface area (Å²) < 4.78 is 4.96. The standard InChI is InChI=1S/C35H45N3O5/c1-21(39)27-11-12-28-26-10-9-23-18-24(13-15-34(23,2)29(26)14-16-35(27,28)3)38-43-20-32(40)37-31(33(41)42-4)17-22-19-36-30-8-6-5-7-25(22)30/h5-8,18-19,26-29,31,36H,9-17,20H2,1-4H3,(H,37,40)/b38-24+/t26-,27+,28-,29-,31+,34-,35+/m0/s1. The molecule has 0 saturated heterocycles. The summed E-state index contributed by atoms with van der Waals surface area (Å²) in [6, 6.07) is 7.01. The number of allylic oxidation sites excluding steroid dienone is 2. The summed E-state index contributed by atoms with van der Waals surface area (Å²) in [5.41, 5.74) is 4.56. The van der Waals surface area contributed by atoms with Crippen molar-refractivity contribution in [2.45, 2.75) is 84.6 Å². The van der Waals surface area contributed by atoms with Crippen LogP contribution in [-0.2, 0) is 30.4 Å². The Morgan fingerprint density at radius 1 is 1.07 bits per heavy atom. The lowest BCUT2D eigenvalue weighted by molar-refractivity contribution is -0.145. The number of hydrogen-bond acceptors (Lipinski definition) is 6. The van der Waals surface area contributed by atoms with Gasteiger partial charge < -0.3 is 19.9 Å². The number of carbonyl (C=O) groups excluding carboxylic acids is 3. The van der Waals surface area contributed by atoms with Crippen LogP contribution < -0.4 is 5.32 Å². The maximum atomic E-state index is 12.8. The molecular formula is C35H45N3O5. The first-order chi connectivity index (χ1) is 20.6.